The fourth-order valence-corrected chi connectivity index (χ4v) is 3.87. The van der Waals surface area contributed by atoms with Crippen LogP contribution in [-0.4, -0.2) is 32.2 Å². The highest BCUT2D eigenvalue weighted by Gasteiger charge is 2.33. The van der Waals surface area contributed by atoms with Gasteiger partial charge in [0.25, 0.3) is 0 Å². The summed E-state index contributed by atoms with van der Waals surface area (Å²) in [7, 11) is 0. The molecule has 0 bridgehead atoms. The first-order valence-electron chi connectivity index (χ1n) is 7.63. The molecule has 0 radical (unpaired) electrons. The van der Waals surface area contributed by atoms with Crippen LogP contribution in [0.4, 0.5) is 18.0 Å². The summed E-state index contributed by atoms with van der Waals surface area (Å²) in [6, 6.07) is 4.64. The van der Waals surface area contributed by atoms with Crippen LogP contribution >= 0.6 is 22.6 Å². The minimum absolute atomic E-state index is 0.358. The highest BCUT2D eigenvalue weighted by atomic mass is 127. The summed E-state index contributed by atoms with van der Waals surface area (Å²) in [5, 5.41) is 9.45. The quantitative estimate of drug-likeness (QED) is 0.693. The Bertz CT molecular complexity index is 774. The van der Waals surface area contributed by atoms with Crippen molar-refractivity contribution in [3.63, 3.8) is 0 Å². The summed E-state index contributed by atoms with van der Waals surface area (Å²) >= 11 is 2.08. The number of aromatic nitrogens is 2. The molecule has 0 spiro atoms. The molecule has 2 heterocycles. The zero-order chi connectivity index (χ0) is 18.2. The van der Waals surface area contributed by atoms with E-state index in [0.29, 0.717) is 25.9 Å². The fourth-order valence-electron chi connectivity index (χ4n) is 3.08. The molecule has 0 saturated carbocycles. The minimum atomic E-state index is -4.36. The highest BCUT2D eigenvalue weighted by Crippen LogP contribution is 2.33. The number of amides is 1. The van der Waals surface area contributed by atoms with Gasteiger partial charge in [0.15, 0.2) is 0 Å². The molecule has 0 aliphatic carbocycles. The van der Waals surface area contributed by atoms with Crippen LogP contribution in [0.1, 0.15) is 29.3 Å². The number of halogens is 4. The van der Waals surface area contributed by atoms with Crippen molar-refractivity contribution in [2.45, 2.75) is 31.6 Å². The lowest BCUT2D eigenvalue weighted by Crippen LogP contribution is -2.41. The molecule has 1 unspecified atom stereocenters. The molecule has 9 heteroatoms. The average molecular weight is 465 g/mol. The van der Waals surface area contributed by atoms with Crippen LogP contribution < -0.4 is 0 Å². The number of aryl methyl sites for hydroxylation is 1. The summed E-state index contributed by atoms with van der Waals surface area (Å²) in [5.41, 5.74) is 0.903. The third-order valence-corrected chi connectivity index (χ3v) is 5.17. The topological polar surface area (TPSA) is 58.4 Å². The lowest BCUT2D eigenvalue weighted by Gasteiger charge is -2.35. The molecule has 1 aliphatic rings. The van der Waals surface area contributed by atoms with Gasteiger partial charge >= 0.3 is 12.3 Å². The minimum Gasteiger partial charge on any atom is -0.465 e. The van der Waals surface area contributed by atoms with Gasteiger partial charge in [-0.1, -0.05) is 12.1 Å². The Morgan fingerprint density at radius 1 is 1.28 bits per heavy atom. The van der Waals surface area contributed by atoms with E-state index >= 15 is 0 Å². The SMILES string of the molecule is O=C(O)N1CCn2cnc(I)c2C1CCc1ccc(C(F)(F)F)cc1. The largest absolute Gasteiger partial charge is 0.465 e. The second kappa shape index (κ2) is 6.85. The number of fused-ring (bicyclic) bond motifs is 1. The first-order chi connectivity index (χ1) is 11.8. The smallest absolute Gasteiger partial charge is 0.416 e. The first-order valence-corrected chi connectivity index (χ1v) is 8.71. The number of nitrogens with zero attached hydrogens (tertiary/aromatic N) is 3. The monoisotopic (exact) mass is 465 g/mol. The van der Waals surface area contributed by atoms with Gasteiger partial charge in [0.1, 0.15) is 3.70 Å². The Morgan fingerprint density at radius 3 is 2.56 bits per heavy atom. The zero-order valence-corrected chi connectivity index (χ0v) is 15.2. The van der Waals surface area contributed by atoms with Crippen molar-refractivity contribution in [3.8, 4) is 0 Å². The highest BCUT2D eigenvalue weighted by molar-refractivity contribution is 14.1. The molecule has 2 aromatic rings. The molecule has 3 rings (SSSR count). The molecular weight excluding hydrogens is 450 g/mol. The van der Waals surface area contributed by atoms with E-state index in [-0.39, 0.29) is 6.04 Å². The van der Waals surface area contributed by atoms with E-state index in [2.05, 4.69) is 27.6 Å². The maximum atomic E-state index is 12.6. The number of carbonyl (C=O) groups is 1. The molecule has 1 aromatic carbocycles. The van der Waals surface area contributed by atoms with Gasteiger partial charge in [0, 0.05) is 13.1 Å². The molecule has 1 atom stereocenters. The third kappa shape index (κ3) is 3.75. The van der Waals surface area contributed by atoms with Gasteiger partial charge in [-0.2, -0.15) is 13.2 Å². The van der Waals surface area contributed by atoms with E-state index in [1.807, 2.05) is 4.57 Å². The maximum absolute atomic E-state index is 12.6. The fraction of sp³-hybridized carbons (Fsp3) is 0.375. The first kappa shape index (κ1) is 18.0. The van der Waals surface area contributed by atoms with Crippen LogP contribution in [0.3, 0.4) is 0 Å². The predicted molar refractivity (Wildman–Crippen MR) is 92.2 cm³/mol. The van der Waals surface area contributed by atoms with Crippen LogP contribution in [0, 0.1) is 3.70 Å². The van der Waals surface area contributed by atoms with Gasteiger partial charge < -0.3 is 9.67 Å². The molecule has 1 aromatic heterocycles. The molecule has 1 aliphatic heterocycles. The van der Waals surface area contributed by atoms with Gasteiger partial charge in [-0.15, -0.1) is 0 Å². The molecular formula is C16H15F3IN3O2. The van der Waals surface area contributed by atoms with Gasteiger partial charge in [-0.25, -0.2) is 9.78 Å². The number of hydrogen-bond donors (Lipinski definition) is 1. The lowest BCUT2D eigenvalue weighted by atomic mass is 10.00. The summed E-state index contributed by atoms with van der Waals surface area (Å²) in [6.07, 6.45) is -2.69. The maximum Gasteiger partial charge on any atom is 0.416 e. The molecule has 25 heavy (non-hydrogen) atoms. The van der Waals surface area contributed by atoms with Crippen LogP contribution in [0.15, 0.2) is 30.6 Å². The second-order valence-electron chi connectivity index (χ2n) is 5.84. The van der Waals surface area contributed by atoms with Gasteiger partial charge in [-0.05, 0) is 53.1 Å². The van der Waals surface area contributed by atoms with E-state index in [0.717, 1.165) is 27.1 Å². The van der Waals surface area contributed by atoms with Gasteiger partial charge in [0.2, 0.25) is 0 Å². The van der Waals surface area contributed by atoms with E-state index in [9.17, 15) is 23.1 Å². The lowest BCUT2D eigenvalue weighted by molar-refractivity contribution is -0.137. The summed E-state index contributed by atoms with van der Waals surface area (Å²) in [5.74, 6) is 0. The Hall–Kier alpha value is -1.78. The predicted octanol–water partition coefficient (Wildman–Crippen LogP) is 4.17. The molecule has 5 nitrogen and oxygen atoms in total. The Labute approximate surface area is 155 Å². The molecule has 0 saturated heterocycles. The number of imidazole rings is 1. The Balaban J connectivity index is 1.78. The Morgan fingerprint density at radius 2 is 1.96 bits per heavy atom. The van der Waals surface area contributed by atoms with Gasteiger partial charge in [0.05, 0.1) is 23.6 Å². The molecule has 0 fully saturated rings. The van der Waals surface area contributed by atoms with Crippen LogP contribution in [-0.2, 0) is 19.1 Å². The molecule has 1 N–H and O–H groups in total. The number of rotatable bonds is 3. The number of hydrogen-bond acceptors (Lipinski definition) is 2. The van der Waals surface area contributed by atoms with Crippen molar-refractivity contribution in [3.05, 3.63) is 51.1 Å². The number of carboxylic acid groups (broad SMARTS) is 1. The van der Waals surface area contributed by atoms with Crippen molar-refractivity contribution in [2.24, 2.45) is 0 Å². The summed E-state index contributed by atoms with van der Waals surface area (Å²) in [4.78, 5) is 17.2. The number of benzene rings is 1. The van der Waals surface area contributed by atoms with Gasteiger partial charge in [-0.3, -0.25) is 4.90 Å². The van der Waals surface area contributed by atoms with E-state index < -0.39 is 17.8 Å². The van der Waals surface area contributed by atoms with Crippen molar-refractivity contribution >= 4 is 28.7 Å². The van der Waals surface area contributed by atoms with Crippen molar-refractivity contribution in [2.75, 3.05) is 6.54 Å². The van der Waals surface area contributed by atoms with E-state index in [1.54, 1.807) is 6.33 Å². The zero-order valence-electron chi connectivity index (χ0n) is 13.0. The molecule has 1 amide bonds. The number of alkyl halides is 3. The summed E-state index contributed by atoms with van der Waals surface area (Å²) < 4.78 is 40.6. The standard InChI is InChI=1S/C16H15F3IN3O2/c17-16(18,19)11-4-1-10(2-5-11)3-6-12-13-14(20)21-9-22(13)7-8-23(12)15(24)25/h1-2,4-5,9,12H,3,6-8H2,(H,24,25). The van der Waals surface area contributed by atoms with Crippen LogP contribution in [0.5, 0.6) is 0 Å². The average Bonchev–Trinajstić information content (AvgIpc) is 2.93. The normalized spacial score (nSPS) is 17.4. The van der Waals surface area contributed by atoms with Crippen LogP contribution in [0.25, 0.3) is 0 Å². The van der Waals surface area contributed by atoms with Crippen molar-refractivity contribution in [1.29, 1.82) is 0 Å². The van der Waals surface area contributed by atoms with E-state index in [1.165, 1.54) is 17.0 Å². The van der Waals surface area contributed by atoms with E-state index in [4.69, 9.17) is 0 Å². The third-order valence-electron chi connectivity index (χ3n) is 4.34. The summed E-state index contributed by atoms with van der Waals surface area (Å²) in [6.45, 7) is 0.918. The van der Waals surface area contributed by atoms with Crippen LogP contribution in [0.2, 0.25) is 0 Å². The van der Waals surface area contributed by atoms with Crippen molar-refractivity contribution in [1.82, 2.24) is 14.5 Å². The second-order valence-corrected chi connectivity index (χ2v) is 6.86. The Kier molecular flexibility index (Phi) is 4.94. The van der Waals surface area contributed by atoms with Crippen molar-refractivity contribution < 1.29 is 23.1 Å². The molecule has 134 valence electrons.